The molecule has 0 saturated carbocycles. The number of rotatable bonds is 5. The number of benzene rings is 2. The molecule has 2 rings (SSSR count). The fourth-order valence-corrected chi connectivity index (χ4v) is 2.45. The van der Waals surface area contributed by atoms with Crippen LogP contribution in [0.25, 0.3) is 0 Å². The Labute approximate surface area is 132 Å². The van der Waals surface area contributed by atoms with Crippen molar-refractivity contribution in [2.45, 2.75) is 19.1 Å². The molecule has 5 heteroatoms. The lowest BCUT2D eigenvalue weighted by Gasteiger charge is -2.24. The van der Waals surface area contributed by atoms with Crippen LogP contribution in [0.1, 0.15) is 18.6 Å². The molecule has 0 fully saturated rings. The van der Waals surface area contributed by atoms with Gasteiger partial charge in [-0.05, 0) is 58.7 Å². The molecule has 0 aliphatic carbocycles. The van der Waals surface area contributed by atoms with Crippen LogP contribution in [-0.2, 0) is 0 Å². The van der Waals surface area contributed by atoms with Crippen molar-refractivity contribution in [1.82, 2.24) is 0 Å². The Balaban J connectivity index is 2.30. The molecule has 2 aromatic rings. The van der Waals surface area contributed by atoms with Crippen LogP contribution in [-0.4, -0.2) is 13.2 Å². The fourth-order valence-electron chi connectivity index (χ4n) is 2.00. The van der Waals surface area contributed by atoms with Gasteiger partial charge in [0, 0.05) is 6.04 Å². The number of nitrogens with two attached hydrogens (primary N) is 1. The van der Waals surface area contributed by atoms with Gasteiger partial charge in [0.25, 0.3) is 0 Å². The summed E-state index contributed by atoms with van der Waals surface area (Å²) in [6, 6.07) is 11.6. The summed E-state index contributed by atoms with van der Waals surface area (Å²) in [5.74, 6) is 0.953. The number of hydrogen-bond donors (Lipinski definition) is 1. The van der Waals surface area contributed by atoms with Gasteiger partial charge in [0.2, 0.25) is 0 Å². The number of hydrogen-bond acceptors (Lipinski definition) is 3. The van der Waals surface area contributed by atoms with E-state index in [2.05, 4.69) is 15.9 Å². The van der Waals surface area contributed by atoms with Crippen LogP contribution in [0, 0.1) is 5.82 Å². The molecule has 0 saturated heterocycles. The predicted octanol–water partition coefficient (Wildman–Crippen LogP) is 4.06. The molecule has 0 aromatic heterocycles. The monoisotopic (exact) mass is 353 g/mol. The zero-order valence-corrected chi connectivity index (χ0v) is 13.4. The van der Waals surface area contributed by atoms with Gasteiger partial charge in [-0.25, -0.2) is 4.39 Å². The minimum atomic E-state index is -0.359. The highest BCUT2D eigenvalue weighted by Crippen LogP contribution is 2.32. The third-order valence-corrected chi connectivity index (χ3v) is 3.67. The Bertz CT molecular complexity index is 619. The minimum absolute atomic E-state index is 0.242. The molecule has 0 bridgehead atoms. The molecule has 3 nitrogen and oxygen atoms in total. The SMILES string of the molecule is COc1cccc(C(Oc2ccc(F)cc2Br)C(C)N)c1. The molecule has 2 unspecified atom stereocenters. The summed E-state index contributed by atoms with van der Waals surface area (Å²) in [6.45, 7) is 1.86. The van der Waals surface area contributed by atoms with Gasteiger partial charge >= 0.3 is 0 Å². The molecule has 112 valence electrons. The van der Waals surface area contributed by atoms with E-state index in [0.717, 1.165) is 11.3 Å². The van der Waals surface area contributed by atoms with Gasteiger partial charge in [-0.2, -0.15) is 0 Å². The predicted molar refractivity (Wildman–Crippen MR) is 84.1 cm³/mol. The summed E-state index contributed by atoms with van der Waals surface area (Å²) in [4.78, 5) is 0. The first-order chi connectivity index (χ1) is 10.0. The van der Waals surface area contributed by atoms with Crippen LogP contribution >= 0.6 is 15.9 Å². The first kappa shape index (κ1) is 15.8. The Morgan fingerprint density at radius 3 is 2.57 bits per heavy atom. The summed E-state index contributed by atoms with van der Waals surface area (Å²) in [7, 11) is 1.61. The van der Waals surface area contributed by atoms with Crippen molar-refractivity contribution in [3.63, 3.8) is 0 Å². The quantitative estimate of drug-likeness (QED) is 0.881. The zero-order chi connectivity index (χ0) is 15.4. The number of methoxy groups -OCH3 is 1. The van der Waals surface area contributed by atoms with Crippen LogP contribution in [0.5, 0.6) is 11.5 Å². The molecule has 21 heavy (non-hydrogen) atoms. The second kappa shape index (κ2) is 6.91. The van der Waals surface area contributed by atoms with E-state index < -0.39 is 0 Å². The van der Waals surface area contributed by atoms with Crippen LogP contribution in [0.2, 0.25) is 0 Å². The van der Waals surface area contributed by atoms with E-state index in [9.17, 15) is 4.39 Å². The molecule has 2 atom stereocenters. The maximum atomic E-state index is 13.1. The first-order valence-corrected chi connectivity index (χ1v) is 7.32. The average Bonchev–Trinajstić information content (AvgIpc) is 2.46. The largest absolute Gasteiger partial charge is 0.497 e. The Morgan fingerprint density at radius 2 is 1.95 bits per heavy atom. The highest BCUT2D eigenvalue weighted by atomic mass is 79.9. The van der Waals surface area contributed by atoms with E-state index in [1.54, 1.807) is 13.2 Å². The lowest BCUT2D eigenvalue weighted by atomic mass is 10.0. The van der Waals surface area contributed by atoms with E-state index in [1.807, 2.05) is 31.2 Å². The molecule has 2 aromatic carbocycles. The van der Waals surface area contributed by atoms with Crippen molar-refractivity contribution >= 4 is 15.9 Å². The van der Waals surface area contributed by atoms with Gasteiger partial charge < -0.3 is 15.2 Å². The van der Waals surface area contributed by atoms with Crippen molar-refractivity contribution in [2.24, 2.45) is 5.73 Å². The summed E-state index contributed by atoms with van der Waals surface area (Å²) < 4.78 is 24.9. The van der Waals surface area contributed by atoms with Gasteiger partial charge in [-0.1, -0.05) is 12.1 Å². The highest BCUT2D eigenvalue weighted by Gasteiger charge is 2.20. The van der Waals surface area contributed by atoms with E-state index in [4.69, 9.17) is 15.2 Å². The summed E-state index contributed by atoms with van der Waals surface area (Å²) in [5, 5.41) is 0. The van der Waals surface area contributed by atoms with Crippen molar-refractivity contribution in [2.75, 3.05) is 7.11 Å². The van der Waals surface area contributed by atoms with Gasteiger partial charge in [0.05, 0.1) is 11.6 Å². The molecule has 0 aliphatic heterocycles. The topological polar surface area (TPSA) is 44.5 Å². The third kappa shape index (κ3) is 3.95. The van der Waals surface area contributed by atoms with Crippen LogP contribution in [0.15, 0.2) is 46.9 Å². The number of ether oxygens (including phenoxy) is 2. The van der Waals surface area contributed by atoms with E-state index in [1.165, 1.54) is 12.1 Å². The maximum absolute atomic E-state index is 13.1. The molecule has 0 amide bonds. The van der Waals surface area contributed by atoms with E-state index in [0.29, 0.717) is 10.2 Å². The lowest BCUT2D eigenvalue weighted by Crippen LogP contribution is -2.29. The van der Waals surface area contributed by atoms with Crippen molar-refractivity contribution < 1.29 is 13.9 Å². The second-order valence-electron chi connectivity index (χ2n) is 4.75. The van der Waals surface area contributed by atoms with Crippen molar-refractivity contribution in [3.8, 4) is 11.5 Å². The summed E-state index contributed by atoms with van der Waals surface area (Å²) in [6.07, 6.45) is -0.359. The summed E-state index contributed by atoms with van der Waals surface area (Å²) >= 11 is 3.29. The van der Waals surface area contributed by atoms with Gasteiger partial charge in [0.1, 0.15) is 23.4 Å². The highest BCUT2D eigenvalue weighted by molar-refractivity contribution is 9.10. The van der Waals surface area contributed by atoms with Crippen LogP contribution < -0.4 is 15.2 Å². The molecular weight excluding hydrogens is 337 g/mol. The molecule has 0 heterocycles. The smallest absolute Gasteiger partial charge is 0.139 e. The minimum Gasteiger partial charge on any atom is -0.497 e. The van der Waals surface area contributed by atoms with Gasteiger partial charge in [0.15, 0.2) is 0 Å². The number of halogens is 2. The fraction of sp³-hybridized carbons (Fsp3) is 0.250. The maximum Gasteiger partial charge on any atom is 0.139 e. The van der Waals surface area contributed by atoms with E-state index >= 15 is 0 Å². The zero-order valence-electron chi connectivity index (χ0n) is 11.8. The molecule has 0 radical (unpaired) electrons. The Kier molecular flexibility index (Phi) is 5.20. The van der Waals surface area contributed by atoms with Crippen molar-refractivity contribution in [3.05, 3.63) is 58.3 Å². The van der Waals surface area contributed by atoms with Gasteiger partial charge in [-0.15, -0.1) is 0 Å². The van der Waals surface area contributed by atoms with Gasteiger partial charge in [-0.3, -0.25) is 0 Å². The molecule has 0 spiro atoms. The lowest BCUT2D eigenvalue weighted by molar-refractivity contribution is 0.178. The summed E-state index contributed by atoms with van der Waals surface area (Å²) in [5.41, 5.74) is 6.94. The Morgan fingerprint density at radius 1 is 1.19 bits per heavy atom. The van der Waals surface area contributed by atoms with Crippen LogP contribution in [0.3, 0.4) is 0 Å². The van der Waals surface area contributed by atoms with E-state index in [-0.39, 0.29) is 18.0 Å². The Hall–Kier alpha value is -1.59. The molecule has 0 aliphatic rings. The van der Waals surface area contributed by atoms with Crippen LogP contribution in [0.4, 0.5) is 4.39 Å². The van der Waals surface area contributed by atoms with Crippen molar-refractivity contribution in [1.29, 1.82) is 0 Å². The average molecular weight is 354 g/mol. The molecular formula is C16H17BrFNO2. The normalized spacial score (nSPS) is 13.6. The molecule has 2 N–H and O–H groups in total. The second-order valence-corrected chi connectivity index (χ2v) is 5.60. The standard InChI is InChI=1S/C16H17BrFNO2/c1-10(19)16(11-4-3-5-13(8-11)20-2)21-15-7-6-12(18)9-14(15)17/h3-10,16H,19H2,1-2H3. The first-order valence-electron chi connectivity index (χ1n) is 6.52. The third-order valence-electron chi connectivity index (χ3n) is 3.05.